The van der Waals surface area contributed by atoms with Crippen LogP contribution in [0.3, 0.4) is 0 Å². The molecule has 1 aromatic carbocycles. The number of carbonyl (C=O) groups excluding carboxylic acids is 1. The molecule has 5 rings (SSSR count). The molecule has 5 atom stereocenters. The van der Waals surface area contributed by atoms with Gasteiger partial charge in [0.15, 0.2) is 0 Å². The molecule has 1 saturated carbocycles. The van der Waals surface area contributed by atoms with E-state index >= 15 is 0 Å². The number of rotatable bonds is 3. The Hall–Kier alpha value is -2.20. The molecule has 1 amide bonds. The predicted octanol–water partition coefficient (Wildman–Crippen LogP) is 4.09. The van der Waals surface area contributed by atoms with Crippen molar-refractivity contribution in [3.63, 3.8) is 0 Å². The van der Waals surface area contributed by atoms with E-state index in [0.717, 1.165) is 18.4 Å². The number of hydrogen-bond donors (Lipinski definition) is 0. The minimum Gasteiger partial charge on any atom is -0.329 e. The summed E-state index contributed by atoms with van der Waals surface area (Å²) < 4.78 is 0. The van der Waals surface area contributed by atoms with Crippen LogP contribution in [0.25, 0.3) is 0 Å². The first-order valence-electron chi connectivity index (χ1n) is 11.0. The summed E-state index contributed by atoms with van der Waals surface area (Å²) in [4.78, 5) is 23.3. The SMILES string of the molecule is Cc1cccnc1C(=O)N1[C@H](Cc2ccccc2)[C@@H]2C[C@@]3(C)[C@H](CCC[C@@H]13)N2C. The highest BCUT2D eigenvalue weighted by atomic mass is 16.2. The van der Waals surface area contributed by atoms with E-state index in [1.165, 1.54) is 24.8 Å². The van der Waals surface area contributed by atoms with Gasteiger partial charge < -0.3 is 4.90 Å². The maximum Gasteiger partial charge on any atom is 0.273 e. The van der Waals surface area contributed by atoms with Gasteiger partial charge in [-0.2, -0.15) is 0 Å². The molecule has 3 fully saturated rings. The van der Waals surface area contributed by atoms with Crippen LogP contribution in [0.15, 0.2) is 48.7 Å². The molecule has 2 aromatic rings. The summed E-state index contributed by atoms with van der Waals surface area (Å²) in [7, 11) is 2.29. The smallest absolute Gasteiger partial charge is 0.273 e. The third-order valence-corrected chi connectivity index (χ3v) is 8.01. The van der Waals surface area contributed by atoms with Gasteiger partial charge in [-0.15, -0.1) is 0 Å². The molecule has 2 aliphatic heterocycles. The van der Waals surface area contributed by atoms with Crippen molar-refractivity contribution in [1.82, 2.24) is 14.8 Å². The summed E-state index contributed by atoms with van der Waals surface area (Å²) in [6, 6.07) is 16.1. The Morgan fingerprint density at radius 3 is 2.66 bits per heavy atom. The van der Waals surface area contributed by atoms with Gasteiger partial charge in [-0.1, -0.05) is 43.3 Å². The number of carbonyl (C=O) groups is 1. The van der Waals surface area contributed by atoms with Gasteiger partial charge in [0.05, 0.1) is 6.04 Å². The predicted molar refractivity (Wildman–Crippen MR) is 115 cm³/mol. The van der Waals surface area contributed by atoms with Gasteiger partial charge >= 0.3 is 0 Å². The molecule has 2 saturated heterocycles. The average molecular weight is 390 g/mol. The number of fused-ring (bicyclic) bond motifs is 1. The maximum absolute atomic E-state index is 13.9. The second kappa shape index (κ2) is 6.94. The van der Waals surface area contributed by atoms with Crippen LogP contribution in [0.4, 0.5) is 0 Å². The van der Waals surface area contributed by atoms with Crippen molar-refractivity contribution in [3.8, 4) is 0 Å². The number of nitrogens with zero attached hydrogens (tertiary/aromatic N) is 3. The van der Waals surface area contributed by atoms with E-state index in [-0.39, 0.29) is 17.4 Å². The summed E-state index contributed by atoms with van der Waals surface area (Å²) >= 11 is 0. The molecule has 29 heavy (non-hydrogen) atoms. The van der Waals surface area contributed by atoms with E-state index in [9.17, 15) is 4.79 Å². The number of likely N-dealkylation sites (N-methyl/N-ethyl adjacent to an activating group) is 1. The van der Waals surface area contributed by atoms with Crippen molar-refractivity contribution in [2.45, 2.75) is 70.1 Å². The number of hydrogen-bond acceptors (Lipinski definition) is 3. The summed E-state index contributed by atoms with van der Waals surface area (Å²) in [5.41, 5.74) is 3.09. The highest BCUT2D eigenvalue weighted by molar-refractivity contribution is 5.94. The Balaban J connectivity index is 1.60. The van der Waals surface area contributed by atoms with Crippen molar-refractivity contribution >= 4 is 5.91 Å². The van der Waals surface area contributed by atoms with Crippen LogP contribution in [0.1, 0.15) is 54.2 Å². The Kier molecular flexibility index (Phi) is 4.50. The maximum atomic E-state index is 13.9. The lowest BCUT2D eigenvalue weighted by molar-refractivity contribution is -0.0115. The van der Waals surface area contributed by atoms with Crippen molar-refractivity contribution in [2.24, 2.45) is 5.41 Å². The lowest BCUT2D eigenvalue weighted by atomic mass is 9.64. The van der Waals surface area contributed by atoms with Crippen LogP contribution in [0.2, 0.25) is 0 Å². The average Bonchev–Trinajstić information content (AvgIpc) is 2.99. The fraction of sp³-hybridized carbons (Fsp3) is 0.520. The lowest BCUT2D eigenvalue weighted by Crippen LogP contribution is -2.62. The number of amides is 1. The molecule has 0 spiro atoms. The summed E-state index contributed by atoms with van der Waals surface area (Å²) in [6.45, 7) is 4.44. The monoisotopic (exact) mass is 389 g/mol. The zero-order valence-corrected chi connectivity index (χ0v) is 17.7. The second-order valence-electron chi connectivity index (χ2n) is 9.54. The molecular weight excluding hydrogens is 358 g/mol. The van der Waals surface area contributed by atoms with E-state index < -0.39 is 0 Å². The molecular formula is C25H31N3O. The van der Waals surface area contributed by atoms with E-state index in [1.54, 1.807) is 6.20 Å². The zero-order chi connectivity index (χ0) is 20.2. The zero-order valence-electron chi connectivity index (χ0n) is 17.7. The first kappa shape index (κ1) is 18.8. The van der Waals surface area contributed by atoms with Crippen molar-refractivity contribution in [1.29, 1.82) is 0 Å². The molecule has 0 unspecified atom stereocenters. The van der Waals surface area contributed by atoms with Gasteiger partial charge in [0.25, 0.3) is 5.91 Å². The number of likely N-dealkylation sites (tertiary alicyclic amines) is 2. The molecule has 0 radical (unpaired) electrons. The number of aryl methyl sites for hydroxylation is 1. The first-order chi connectivity index (χ1) is 14.0. The third kappa shape index (κ3) is 2.83. The topological polar surface area (TPSA) is 36.4 Å². The summed E-state index contributed by atoms with van der Waals surface area (Å²) in [5.74, 6) is 0.126. The number of aromatic nitrogens is 1. The highest BCUT2D eigenvalue weighted by Crippen LogP contribution is 2.56. The number of pyridine rings is 1. The molecule has 1 aromatic heterocycles. The summed E-state index contributed by atoms with van der Waals surface area (Å²) in [5, 5.41) is 0. The van der Waals surface area contributed by atoms with Gasteiger partial charge in [-0.3, -0.25) is 14.7 Å². The van der Waals surface area contributed by atoms with Crippen molar-refractivity contribution < 1.29 is 4.79 Å². The Morgan fingerprint density at radius 2 is 1.90 bits per heavy atom. The summed E-state index contributed by atoms with van der Waals surface area (Å²) in [6.07, 6.45) is 7.42. The molecule has 3 aliphatic rings. The third-order valence-electron chi connectivity index (χ3n) is 8.01. The van der Waals surface area contributed by atoms with Crippen LogP contribution in [-0.4, -0.2) is 51.9 Å². The fourth-order valence-electron chi connectivity index (χ4n) is 6.65. The minimum absolute atomic E-state index is 0.126. The fourth-order valence-corrected chi connectivity index (χ4v) is 6.65. The second-order valence-corrected chi connectivity index (χ2v) is 9.54. The van der Waals surface area contributed by atoms with E-state index in [2.05, 4.69) is 59.1 Å². The van der Waals surface area contributed by atoms with Crippen LogP contribution in [0, 0.1) is 12.3 Å². The van der Waals surface area contributed by atoms with Crippen LogP contribution in [-0.2, 0) is 6.42 Å². The lowest BCUT2D eigenvalue weighted by Gasteiger charge is -2.53. The van der Waals surface area contributed by atoms with Crippen molar-refractivity contribution in [3.05, 3.63) is 65.5 Å². The largest absolute Gasteiger partial charge is 0.329 e. The van der Waals surface area contributed by atoms with Crippen LogP contribution < -0.4 is 0 Å². The van der Waals surface area contributed by atoms with E-state index in [4.69, 9.17) is 0 Å². The minimum atomic E-state index is 0.126. The standard InChI is InChI=1S/C25H31N3O/c1-17-9-8-14-26-23(17)24(29)28-19(15-18-10-5-4-6-11-18)20-16-25(2)21(27(20)3)12-7-13-22(25)28/h4-6,8-11,14,19-22H,7,12-13,15-16H2,1-3H3/t19-,20+,21+,22-,25+/m1/s1. The molecule has 152 valence electrons. The van der Waals surface area contributed by atoms with Gasteiger partial charge in [-0.05, 0) is 63.3 Å². The Morgan fingerprint density at radius 1 is 1.14 bits per heavy atom. The van der Waals surface area contributed by atoms with Gasteiger partial charge in [0.1, 0.15) is 5.69 Å². The molecule has 3 heterocycles. The molecule has 1 aliphatic carbocycles. The van der Waals surface area contributed by atoms with Gasteiger partial charge in [-0.25, -0.2) is 0 Å². The van der Waals surface area contributed by atoms with Crippen LogP contribution >= 0.6 is 0 Å². The first-order valence-corrected chi connectivity index (χ1v) is 11.0. The van der Waals surface area contributed by atoms with Gasteiger partial charge in [0.2, 0.25) is 0 Å². The molecule has 0 N–H and O–H groups in total. The van der Waals surface area contributed by atoms with Gasteiger partial charge in [0, 0.05) is 29.7 Å². The van der Waals surface area contributed by atoms with Crippen LogP contribution in [0.5, 0.6) is 0 Å². The van der Waals surface area contributed by atoms with Crippen molar-refractivity contribution in [2.75, 3.05) is 7.05 Å². The normalized spacial score (nSPS) is 33.7. The van der Waals surface area contributed by atoms with E-state index in [1.807, 2.05) is 19.1 Å². The molecule has 4 nitrogen and oxygen atoms in total. The number of benzene rings is 1. The number of piperidine rings is 1. The Labute approximate surface area is 173 Å². The molecule has 4 heteroatoms. The Bertz CT molecular complexity index is 913. The molecule has 2 bridgehead atoms. The quantitative estimate of drug-likeness (QED) is 0.793. The highest BCUT2D eigenvalue weighted by Gasteiger charge is 2.62. The van der Waals surface area contributed by atoms with E-state index in [0.29, 0.717) is 23.8 Å².